The maximum absolute atomic E-state index is 12.4. The molecule has 21 heavy (non-hydrogen) atoms. The molecular formula is C17H16BrNO2. The van der Waals surface area contributed by atoms with Gasteiger partial charge in [-0.2, -0.15) is 0 Å². The molecule has 0 saturated heterocycles. The Morgan fingerprint density at radius 1 is 1.14 bits per heavy atom. The monoisotopic (exact) mass is 345 g/mol. The number of rotatable bonds is 3. The Hall–Kier alpha value is -1.81. The average molecular weight is 346 g/mol. The van der Waals surface area contributed by atoms with E-state index in [1.807, 2.05) is 47.4 Å². The number of anilines is 1. The molecule has 0 N–H and O–H groups in total. The van der Waals surface area contributed by atoms with Gasteiger partial charge >= 0.3 is 0 Å². The molecule has 1 aliphatic rings. The lowest BCUT2D eigenvalue weighted by Crippen LogP contribution is -2.38. The Bertz CT molecular complexity index is 657. The van der Waals surface area contributed by atoms with E-state index in [0.29, 0.717) is 5.75 Å². The van der Waals surface area contributed by atoms with Gasteiger partial charge in [0.05, 0.1) is 4.47 Å². The van der Waals surface area contributed by atoms with Crippen molar-refractivity contribution in [2.45, 2.75) is 12.8 Å². The van der Waals surface area contributed by atoms with Gasteiger partial charge in [0.25, 0.3) is 5.91 Å². The van der Waals surface area contributed by atoms with Crippen LogP contribution in [0.1, 0.15) is 12.0 Å². The number of aryl methyl sites for hydroxylation is 1. The summed E-state index contributed by atoms with van der Waals surface area (Å²) in [6, 6.07) is 15.6. The molecule has 0 unspecified atom stereocenters. The van der Waals surface area contributed by atoms with Crippen molar-refractivity contribution in [3.8, 4) is 5.75 Å². The van der Waals surface area contributed by atoms with Crippen molar-refractivity contribution < 1.29 is 9.53 Å². The Morgan fingerprint density at radius 3 is 2.76 bits per heavy atom. The van der Waals surface area contributed by atoms with Crippen LogP contribution in [0.15, 0.2) is 53.0 Å². The highest BCUT2D eigenvalue weighted by Crippen LogP contribution is 2.27. The standard InChI is InChI=1S/C17H16BrNO2/c18-14-8-2-4-10-16(14)21-12-17(20)19-11-5-7-13-6-1-3-9-15(13)19/h1-4,6,8-10H,5,7,11-12H2. The maximum atomic E-state index is 12.4. The molecule has 0 bridgehead atoms. The van der Waals surface area contributed by atoms with Crippen LogP contribution >= 0.6 is 15.9 Å². The Kier molecular flexibility index (Phi) is 4.25. The van der Waals surface area contributed by atoms with Crippen molar-refractivity contribution in [3.63, 3.8) is 0 Å². The average Bonchev–Trinajstić information content (AvgIpc) is 2.53. The summed E-state index contributed by atoms with van der Waals surface area (Å²) in [5, 5.41) is 0. The van der Waals surface area contributed by atoms with Crippen molar-refractivity contribution in [2.75, 3.05) is 18.1 Å². The van der Waals surface area contributed by atoms with E-state index in [4.69, 9.17) is 4.74 Å². The number of para-hydroxylation sites is 2. The second-order valence-electron chi connectivity index (χ2n) is 5.00. The van der Waals surface area contributed by atoms with Crippen LogP contribution in [0.25, 0.3) is 0 Å². The van der Waals surface area contributed by atoms with Gasteiger partial charge in [0.2, 0.25) is 0 Å². The van der Waals surface area contributed by atoms with Crippen molar-refractivity contribution in [1.29, 1.82) is 0 Å². The fourth-order valence-corrected chi connectivity index (χ4v) is 2.97. The number of carbonyl (C=O) groups is 1. The van der Waals surface area contributed by atoms with Crippen LogP contribution in [0.4, 0.5) is 5.69 Å². The predicted octanol–water partition coefficient (Wildman–Crippen LogP) is 3.81. The molecule has 1 heterocycles. The number of ether oxygens (including phenoxy) is 1. The molecule has 0 radical (unpaired) electrons. The number of hydrogen-bond acceptors (Lipinski definition) is 2. The summed E-state index contributed by atoms with van der Waals surface area (Å²) in [5.41, 5.74) is 2.25. The van der Waals surface area contributed by atoms with Gasteiger partial charge in [-0.05, 0) is 52.5 Å². The normalized spacial score (nSPS) is 13.7. The second-order valence-corrected chi connectivity index (χ2v) is 5.85. The molecule has 3 nitrogen and oxygen atoms in total. The highest BCUT2D eigenvalue weighted by Gasteiger charge is 2.22. The minimum Gasteiger partial charge on any atom is -0.483 e. The number of carbonyl (C=O) groups excluding carboxylic acids is 1. The molecule has 1 amide bonds. The fourth-order valence-electron chi connectivity index (χ4n) is 2.57. The number of benzene rings is 2. The lowest BCUT2D eigenvalue weighted by Gasteiger charge is -2.29. The largest absolute Gasteiger partial charge is 0.483 e. The molecule has 3 rings (SSSR count). The zero-order valence-electron chi connectivity index (χ0n) is 11.6. The molecule has 0 atom stereocenters. The fraction of sp³-hybridized carbons (Fsp3) is 0.235. The number of amides is 1. The van der Waals surface area contributed by atoms with Gasteiger partial charge in [-0.3, -0.25) is 4.79 Å². The summed E-state index contributed by atoms with van der Waals surface area (Å²) in [6.45, 7) is 0.812. The van der Waals surface area contributed by atoms with E-state index >= 15 is 0 Å². The van der Waals surface area contributed by atoms with E-state index in [1.54, 1.807) is 0 Å². The van der Waals surface area contributed by atoms with Crippen LogP contribution < -0.4 is 9.64 Å². The van der Waals surface area contributed by atoms with Gasteiger partial charge in [0.15, 0.2) is 6.61 Å². The van der Waals surface area contributed by atoms with Crippen molar-refractivity contribution in [2.24, 2.45) is 0 Å². The van der Waals surface area contributed by atoms with Crippen molar-refractivity contribution >= 4 is 27.5 Å². The van der Waals surface area contributed by atoms with Gasteiger partial charge in [0, 0.05) is 12.2 Å². The second kappa shape index (κ2) is 6.31. The van der Waals surface area contributed by atoms with Gasteiger partial charge in [-0.25, -0.2) is 0 Å². The summed E-state index contributed by atoms with van der Waals surface area (Å²) in [7, 11) is 0. The summed E-state index contributed by atoms with van der Waals surface area (Å²) in [6.07, 6.45) is 2.03. The highest BCUT2D eigenvalue weighted by atomic mass is 79.9. The molecule has 0 saturated carbocycles. The molecule has 2 aromatic rings. The lowest BCUT2D eigenvalue weighted by atomic mass is 10.0. The van der Waals surface area contributed by atoms with E-state index in [2.05, 4.69) is 22.0 Å². The minimum atomic E-state index is -0.00194. The first-order valence-electron chi connectivity index (χ1n) is 7.01. The first kappa shape index (κ1) is 14.1. The van der Waals surface area contributed by atoms with Crippen LogP contribution in [0.5, 0.6) is 5.75 Å². The van der Waals surface area contributed by atoms with Crippen LogP contribution in [0.3, 0.4) is 0 Å². The predicted molar refractivity (Wildman–Crippen MR) is 86.8 cm³/mol. The van der Waals surface area contributed by atoms with Gasteiger partial charge in [-0.15, -0.1) is 0 Å². The number of hydrogen-bond donors (Lipinski definition) is 0. The first-order valence-corrected chi connectivity index (χ1v) is 7.80. The number of fused-ring (bicyclic) bond motifs is 1. The summed E-state index contributed by atoms with van der Waals surface area (Å²) in [5.74, 6) is 0.689. The van der Waals surface area contributed by atoms with Crippen LogP contribution in [-0.4, -0.2) is 19.1 Å². The van der Waals surface area contributed by atoms with Crippen molar-refractivity contribution in [1.82, 2.24) is 0 Å². The quantitative estimate of drug-likeness (QED) is 0.846. The van der Waals surface area contributed by atoms with E-state index < -0.39 is 0 Å². The van der Waals surface area contributed by atoms with E-state index in [9.17, 15) is 4.79 Å². The molecule has 1 aliphatic heterocycles. The summed E-state index contributed by atoms with van der Waals surface area (Å²) >= 11 is 3.42. The third-order valence-corrected chi connectivity index (χ3v) is 4.25. The van der Waals surface area contributed by atoms with Crippen molar-refractivity contribution in [3.05, 3.63) is 58.6 Å². The SMILES string of the molecule is O=C(COc1ccccc1Br)N1CCCc2ccccc21. The highest BCUT2D eigenvalue weighted by molar-refractivity contribution is 9.10. The van der Waals surface area contributed by atoms with Crippen LogP contribution in [0, 0.1) is 0 Å². The third kappa shape index (κ3) is 3.10. The lowest BCUT2D eigenvalue weighted by molar-refractivity contribution is -0.120. The Balaban J connectivity index is 1.71. The van der Waals surface area contributed by atoms with Gasteiger partial charge in [0.1, 0.15) is 5.75 Å². The molecule has 108 valence electrons. The van der Waals surface area contributed by atoms with E-state index in [-0.39, 0.29) is 12.5 Å². The maximum Gasteiger partial charge on any atom is 0.264 e. The van der Waals surface area contributed by atoms with Crippen LogP contribution in [-0.2, 0) is 11.2 Å². The van der Waals surface area contributed by atoms with E-state index in [0.717, 1.165) is 29.5 Å². The van der Waals surface area contributed by atoms with E-state index in [1.165, 1.54) is 5.56 Å². The first-order chi connectivity index (χ1) is 10.3. The Morgan fingerprint density at radius 2 is 1.90 bits per heavy atom. The number of nitrogens with zero attached hydrogens (tertiary/aromatic N) is 1. The third-order valence-electron chi connectivity index (χ3n) is 3.60. The molecular weight excluding hydrogens is 330 g/mol. The summed E-state index contributed by atoms with van der Waals surface area (Å²) < 4.78 is 6.49. The Labute approximate surface area is 132 Å². The molecule has 0 aromatic heterocycles. The smallest absolute Gasteiger partial charge is 0.264 e. The molecule has 2 aromatic carbocycles. The molecule has 4 heteroatoms. The summed E-state index contributed by atoms with van der Waals surface area (Å²) in [4.78, 5) is 14.3. The van der Waals surface area contributed by atoms with Gasteiger partial charge in [-0.1, -0.05) is 30.3 Å². The minimum absolute atomic E-state index is 0.00194. The molecule has 0 spiro atoms. The number of halogens is 1. The van der Waals surface area contributed by atoms with Crippen LogP contribution in [0.2, 0.25) is 0 Å². The van der Waals surface area contributed by atoms with Gasteiger partial charge < -0.3 is 9.64 Å². The molecule has 0 fully saturated rings. The zero-order valence-corrected chi connectivity index (χ0v) is 13.2. The molecule has 0 aliphatic carbocycles. The zero-order chi connectivity index (χ0) is 14.7. The topological polar surface area (TPSA) is 29.5 Å².